The highest BCUT2D eigenvalue weighted by Crippen LogP contribution is 2.29. The number of hydrogen-bond acceptors (Lipinski definition) is 2. The van der Waals surface area contributed by atoms with E-state index in [2.05, 4.69) is 21.2 Å². The quantitative estimate of drug-likeness (QED) is 0.855. The van der Waals surface area contributed by atoms with Crippen molar-refractivity contribution in [2.75, 3.05) is 6.61 Å². The molecule has 0 radical (unpaired) electrons. The average molecular weight is 274 g/mol. The Balaban J connectivity index is 2.32. The first-order valence-corrected chi connectivity index (χ1v) is 5.35. The Morgan fingerprint density at radius 2 is 2.33 bits per heavy atom. The normalized spacial score (nSPS) is 20.7. The van der Waals surface area contributed by atoms with Gasteiger partial charge in [0.15, 0.2) is 0 Å². The van der Waals surface area contributed by atoms with Gasteiger partial charge in [0.2, 0.25) is 0 Å². The summed E-state index contributed by atoms with van der Waals surface area (Å²) < 4.78 is 18.9. The number of carbonyl (C=O) groups is 1. The van der Waals surface area contributed by atoms with Crippen LogP contribution >= 0.6 is 15.9 Å². The zero-order chi connectivity index (χ0) is 10.8. The number of carbonyl (C=O) groups excluding carboxylic acids is 1. The van der Waals surface area contributed by atoms with Crippen LogP contribution in [0.1, 0.15) is 18.0 Å². The van der Waals surface area contributed by atoms with E-state index in [1.807, 2.05) is 0 Å². The Morgan fingerprint density at radius 1 is 1.53 bits per heavy atom. The van der Waals surface area contributed by atoms with Crippen molar-refractivity contribution in [3.8, 4) is 0 Å². The first-order valence-electron chi connectivity index (χ1n) is 4.55. The Bertz CT molecular complexity index is 377. The van der Waals surface area contributed by atoms with Crippen LogP contribution in [-0.2, 0) is 4.74 Å². The lowest BCUT2D eigenvalue weighted by atomic mass is 10.0. The molecule has 0 unspecified atom stereocenters. The van der Waals surface area contributed by atoms with Crippen LogP contribution < -0.4 is 5.32 Å². The number of rotatable bonds is 1. The van der Waals surface area contributed by atoms with Crippen molar-refractivity contribution in [1.82, 2.24) is 5.32 Å². The molecule has 0 spiro atoms. The van der Waals surface area contributed by atoms with Gasteiger partial charge < -0.3 is 10.1 Å². The monoisotopic (exact) mass is 273 g/mol. The molecule has 3 nitrogen and oxygen atoms in total. The molecular weight excluding hydrogens is 265 g/mol. The standard InChI is InChI=1S/C10H9BrFNO2/c11-6-2-1-3-7(12)9(6)8-4-5-15-10(14)13-8/h1-3,8H,4-5H2,(H,13,14)/t8-/m0/s1. The number of ether oxygens (including phenoxy) is 1. The lowest BCUT2D eigenvalue weighted by Gasteiger charge is -2.24. The van der Waals surface area contributed by atoms with Crippen molar-refractivity contribution in [2.45, 2.75) is 12.5 Å². The second kappa shape index (κ2) is 4.18. The summed E-state index contributed by atoms with van der Waals surface area (Å²) in [7, 11) is 0. The molecule has 1 saturated heterocycles. The molecule has 1 atom stereocenters. The lowest BCUT2D eigenvalue weighted by Crippen LogP contribution is -2.35. The third-order valence-corrected chi connectivity index (χ3v) is 2.97. The predicted molar refractivity (Wildman–Crippen MR) is 55.9 cm³/mol. The molecule has 0 aliphatic carbocycles. The zero-order valence-corrected chi connectivity index (χ0v) is 9.38. The minimum Gasteiger partial charge on any atom is -0.449 e. The van der Waals surface area contributed by atoms with Gasteiger partial charge in [-0.1, -0.05) is 22.0 Å². The lowest BCUT2D eigenvalue weighted by molar-refractivity contribution is 0.115. The Kier molecular flexibility index (Phi) is 2.90. The van der Waals surface area contributed by atoms with Crippen molar-refractivity contribution in [3.05, 3.63) is 34.1 Å². The molecule has 1 aromatic carbocycles. The molecule has 0 bridgehead atoms. The molecule has 1 aromatic rings. The molecule has 1 aliphatic rings. The smallest absolute Gasteiger partial charge is 0.407 e. The molecule has 1 N–H and O–H groups in total. The fourth-order valence-electron chi connectivity index (χ4n) is 1.59. The molecule has 15 heavy (non-hydrogen) atoms. The maximum Gasteiger partial charge on any atom is 0.407 e. The molecular formula is C10H9BrFNO2. The van der Waals surface area contributed by atoms with Crippen LogP contribution in [0.3, 0.4) is 0 Å². The molecule has 0 saturated carbocycles. The highest BCUT2D eigenvalue weighted by atomic mass is 79.9. The fraction of sp³-hybridized carbons (Fsp3) is 0.300. The SMILES string of the molecule is O=C1N[C@H](c2c(F)cccc2Br)CCO1. The van der Waals surface area contributed by atoms with E-state index in [9.17, 15) is 9.18 Å². The number of benzene rings is 1. The van der Waals surface area contributed by atoms with Crippen LogP contribution in [0.4, 0.5) is 9.18 Å². The van der Waals surface area contributed by atoms with E-state index in [0.29, 0.717) is 23.1 Å². The van der Waals surface area contributed by atoms with Gasteiger partial charge in [-0.3, -0.25) is 0 Å². The number of cyclic esters (lactones) is 1. The van der Waals surface area contributed by atoms with Gasteiger partial charge in [-0.25, -0.2) is 9.18 Å². The second-order valence-corrected chi connectivity index (χ2v) is 4.11. The van der Waals surface area contributed by atoms with Crippen molar-refractivity contribution < 1.29 is 13.9 Å². The average Bonchev–Trinajstić information content (AvgIpc) is 2.17. The molecule has 80 valence electrons. The van der Waals surface area contributed by atoms with E-state index in [1.165, 1.54) is 6.07 Å². The second-order valence-electron chi connectivity index (χ2n) is 3.26. The molecule has 1 amide bonds. The van der Waals surface area contributed by atoms with Gasteiger partial charge in [0.25, 0.3) is 0 Å². The summed E-state index contributed by atoms with van der Waals surface area (Å²) in [6, 6.07) is 4.42. The van der Waals surface area contributed by atoms with E-state index in [-0.39, 0.29) is 11.9 Å². The van der Waals surface area contributed by atoms with Crippen LogP contribution in [0.5, 0.6) is 0 Å². The first kappa shape index (κ1) is 10.4. The summed E-state index contributed by atoms with van der Waals surface area (Å²) in [4.78, 5) is 11.0. The number of hydrogen-bond donors (Lipinski definition) is 1. The number of amides is 1. The van der Waals surface area contributed by atoms with Crippen LogP contribution in [0.25, 0.3) is 0 Å². The third-order valence-electron chi connectivity index (χ3n) is 2.28. The van der Waals surface area contributed by atoms with Gasteiger partial charge >= 0.3 is 6.09 Å². The van der Waals surface area contributed by atoms with E-state index in [0.717, 1.165) is 0 Å². The Morgan fingerprint density at radius 3 is 3.00 bits per heavy atom. The van der Waals surface area contributed by atoms with E-state index >= 15 is 0 Å². The summed E-state index contributed by atoms with van der Waals surface area (Å²) in [5.74, 6) is -0.323. The number of halogens is 2. The number of alkyl carbamates (subject to hydrolysis) is 1. The van der Waals surface area contributed by atoms with Crippen LogP contribution in [0.15, 0.2) is 22.7 Å². The van der Waals surface area contributed by atoms with Crippen molar-refractivity contribution in [1.29, 1.82) is 0 Å². The summed E-state index contributed by atoms with van der Waals surface area (Å²) in [6.45, 7) is 0.317. The maximum absolute atomic E-state index is 13.5. The van der Waals surface area contributed by atoms with Gasteiger partial charge in [0.05, 0.1) is 12.6 Å². The van der Waals surface area contributed by atoms with Crippen molar-refractivity contribution >= 4 is 22.0 Å². The third kappa shape index (κ3) is 2.12. The fourth-order valence-corrected chi connectivity index (χ4v) is 2.20. The summed E-state index contributed by atoms with van der Waals surface area (Å²) in [6.07, 6.45) is 0.0760. The largest absolute Gasteiger partial charge is 0.449 e. The van der Waals surface area contributed by atoms with Crippen molar-refractivity contribution in [2.24, 2.45) is 0 Å². The summed E-state index contributed by atoms with van der Waals surface area (Å²) in [5, 5.41) is 2.58. The van der Waals surface area contributed by atoms with E-state index in [4.69, 9.17) is 4.74 Å². The maximum atomic E-state index is 13.5. The highest BCUT2D eigenvalue weighted by Gasteiger charge is 2.24. The van der Waals surface area contributed by atoms with Crippen LogP contribution in [0.2, 0.25) is 0 Å². The predicted octanol–water partition coefficient (Wildman–Crippen LogP) is 2.76. The van der Waals surface area contributed by atoms with E-state index in [1.54, 1.807) is 12.1 Å². The van der Waals surface area contributed by atoms with Crippen LogP contribution in [0, 0.1) is 5.82 Å². The minimum atomic E-state index is -0.499. The van der Waals surface area contributed by atoms with Gasteiger partial charge in [0, 0.05) is 16.5 Å². The van der Waals surface area contributed by atoms with Gasteiger partial charge in [-0.05, 0) is 12.1 Å². The van der Waals surface area contributed by atoms with Gasteiger partial charge in [-0.15, -0.1) is 0 Å². The van der Waals surface area contributed by atoms with Crippen molar-refractivity contribution in [3.63, 3.8) is 0 Å². The van der Waals surface area contributed by atoms with E-state index < -0.39 is 6.09 Å². The summed E-state index contributed by atoms with van der Waals surface area (Å²) >= 11 is 3.27. The highest BCUT2D eigenvalue weighted by molar-refractivity contribution is 9.10. The Hall–Kier alpha value is -1.10. The molecule has 1 heterocycles. The Labute approximate surface area is 94.7 Å². The van der Waals surface area contributed by atoms with Crippen LogP contribution in [-0.4, -0.2) is 12.7 Å². The molecule has 5 heteroatoms. The van der Waals surface area contributed by atoms with Gasteiger partial charge in [-0.2, -0.15) is 0 Å². The minimum absolute atomic E-state index is 0.317. The first-order chi connectivity index (χ1) is 7.18. The molecule has 1 aliphatic heterocycles. The molecule has 2 rings (SSSR count). The molecule has 0 aromatic heterocycles. The number of nitrogens with one attached hydrogen (secondary N) is 1. The summed E-state index contributed by atoms with van der Waals surface area (Å²) in [5.41, 5.74) is 0.481. The topological polar surface area (TPSA) is 38.3 Å². The zero-order valence-electron chi connectivity index (χ0n) is 7.80. The molecule has 1 fully saturated rings. The van der Waals surface area contributed by atoms with Gasteiger partial charge in [0.1, 0.15) is 5.82 Å².